The third-order valence-corrected chi connectivity index (χ3v) is 5.44. The molecule has 29 heavy (non-hydrogen) atoms. The normalized spacial score (nSPS) is 14.6. The molecular weight excluding hydrogens is 388 g/mol. The van der Waals surface area contributed by atoms with E-state index in [0.29, 0.717) is 18.4 Å². The van der Waals surface area contributed by atoms with Gasteiger partial charge in [0.2, 0.25) is 0 Å². The minimum absolute atomic E-state index is 0.0274. The molecule has 1 unspecified atom stereocenters. The number of hydrogen-bond acceptors (Lipinski definition) is 6. The molecule has 1 saturated carbocycles. The monoisotopic (exact) mass is 418 g/mol. The summed E-state index contributed by atoms with van der Waals surface area (Å²) in [5.74, 6) is 2.68. The van der Waals surface area contributed by atoms with Crippen LogP contribution in [0.1, 0.15) is 35.8 Å². The van der Waals surface area contributed by atoms with Crippen LogP contribution in [0.5, 0.6) is 11.5 Å². The van der Waals surface area contributed by atoms with E-state index in [9.17, 15) is 4.79 Å². The average Bonchev–Trinajstić information content (AvgIpc) is 3.52. The SMILES string of the molecule is COc1ccc(C(Cn2c(C)cc(=O)cc2C)NOCSC)cc1OCC1CC1. The van der Waals surface area contributed by atoms with E-state index in [4.69, 9.17) is 14.3 Å². The lowest BCUT2D eigenvalue weighted by atomic mass is 10.1. The van der Waals surface area contributed by atoms with E-state index in [0.717, 1.165) is 35.1 Å². The first-order valence-electron chi connectivity index (χ1n) is 9.87. The highest BCUT2D eigenvalue weighted by molar-refractivity contribution is 7.98. The summed E-state index contributed by atoms with van der Waals surface area (Å²) in [7, 11) is 1.66. The highest BCUT2D eigenvalue weighted by atomic mass is 32.2. The molecule has 1 aliphatic rings. The smallest absolute Gasteiger partial charge is 0.182 e. The van der Waals surface area contributed by atoms with Gasteiger partial charge in [-0.1, -0.05) is 6.07 Å². The predicted octanol–water partition coefficient (Wildman–Crippen LogP) is 3.85. The number of rotatable bonds is 11. The second kappa shape index (κ2) is 10.2. The second-order valence-electron chi connectivity index (χ2n) is 7.47. The molecule has 0 amide bonds. The molecule has 0 saturated heterocycles. The lowest BCUT2D eigenvalue weighted by molar-refractivity contribution is 0.0435. The van der Waals surface area contributed by atoms with Crippen LogP contribution in [-0.2, 0) is 11.4 Å². The molecule has 0 bridgehead atoms. The van der Waals surface area contributed by atoms with E-state index in [1.165, 1.54) is 12.8 Å². The van der Waals surface area contributed by atoms with E-state index >= 15 is 0 Å². The maximum Gasteiger partial charge on any atom is 0.182 e. The molecule has 7 heteroatoms. The number of benzene rings is 1. The maximum atomic E-state index is 11.8. The van der Waals surface area contributed by atoms with Crippen LogP contribution in [0.4, 0.5) is 0 Å². The molecule has 1 atom stereocenters. The molecule has 1 N–H and O–H groups in total. The molecule has 6 nitrogen and oxygen atoms in total. The largest absolute Gasteiger partial charge is 0.493 e. The lowest BCUT2D eigenvalue weighted by Crippen LogP contribution is -2.28. The number of thioether (sulfide) groups is 1. The van der Waals surface area contributed by atoms with Crippen LogP contribution in [0.15, 0.2) is 35.1 Å². The fraction of sp³-hybridized carbons (Fsp3) is 0.500. The minimum Gasteiger partial charge on any atom is -0.493 e. The molecule has 1 fully saturated rings. The van der Waals surface area contributed by atoms with E-state index < -0.39 is 0 Å². The summed E-state index contributed by atoms with van der Waals surface area (Å²) in [6.07, 6.45) is 4.46. The standard InChI is InChI=1S/C22H30N2O4S/c1-15-9-19(25)10-16(2)24(15)12-20(23-28-14-29-4)18-7-8-21(26-3)22(11-18)27-13-17-5-6-17/h7-11,17,20,23H,5-6,12-14H2,1-4H3. The summed E-state index contributed by atoms with van der Waals surface area (Å²) in [5.41, 5.74) is 6.09. The van der Waals surface area contributed by atoms with Crippen LogP contribution in [0.25, 0.3) is 0 Å². The summed E-state index contributed by atoms with van der Waals surface area (Å²) in [5, 5.41) is 0. The Balaban J connectivity index is 1.87. The fourth-order valence-corrected chi connectivity index (χ4v) is 3.46. The van der Waals surface area contributed by atoms with Crippen molar-refractivity contribution in [1.82, 2.24) is 10.0 Å². The number of pyridine rings is 1. The van der Waals surface area contributed by atoms with Crippen LogP contribution in [-0.4, -0.2) is 30.5 Å². The third-order valence-electron chi connectivity index (χ3n) is 5.08. The van der Waals surface area contributed by atoms with Crippen LogP contribution in [0.2, 0.25) is 0 Å². The molecular formula is C22H30N2O4S. The van der Waals surface area contributed by atoms with Crippen molar-refractivity contribution in [3.63, 3.8) is 0 Å². The van der Waals surface area contributed by atoms with Gasteiger partial charge in [-0.3, -0.25) is 9.63 Å². The molecule has 1 aromatic heterocycles. The van der Waals surface area contributed by atoms with Gasteiger partial charge in [-0.15, -0.1) is 11.8 Å². The number of aromatic nitrogens is 1. The van der Waals surface area contributed by atoms with Crippen LogP contribution in [0.3, 0.4) is 0 Å². The Bertz CT molecular complexity index is 853. The van der Waals surface area contributed by atoms with Crippen molar-refractivity contribution in [2.45, 2.75) is 39.3 Å². The van der Waals surface area contributed by atoms with Crippen LogP contribution >= 0.6 is 11.8 Å². The van der Waals surface area contributed by atoms with Crippen molar-refractivity contribution in [3.05, 3.63) is 57.5 Å². The molecule has 158 valence electrons. The predicted molar refractivity (Wildman–Crippen MR) is 117 cm³/mol. The lowest BCUT2D eigenvalue weighted by Gasteiger charge is -2.24. The van der Waals surface area contributed by atoms with E-state index in [-0.39, 0.29) is 11.5 Å². The zero-order valence-corrected chi connectivity index (χ0v) is 18.4. The van der Waals surface area contributed by atoms with Crippen molar-refractivity contribution in [2.24, 2.45) is 5.92 Å². The van der Waals surface area contributed by atoms with Gasteiger partial charge >= 0.3 is 0 Å². The van der Waals surface area contributed by atoms with Gasteiger partial charge < -0.3 is 14.0 Å². The van der Waals surface area contributed by atoms with Crippen molar-refractivity contribution in [3.8, 4) is 11.5 Å². The number of ether oxygens (including phenoxy) is 2. The Labute approximate surface area is 176 Å². The number of methoxy groups -OCH3 is 1. The zero-order valence-electron chi connectivity index (χ0n) is 17.6. The minimum atomic E-state index is -0.115. The van der Waals surface area contributed by atoms with Gasteiger partial charge in [0.15, 0.2) is 16.9 Å². The number of nitrogens with zero attached hydrogens (tertiary/aromatic N) is 1. The van der Waals surface area contributed by atoms with Crippen molar-refractivity contribution >= 4 is 11.8 Å². The molecule has 0 radical (unpaired) electrons. The average molecular weight is 419 g/mol. The first-order chi connectivity index (χ1) is 14.0. The van der Waals surface area contributed by atoms with E-state index in [1.54, 1.807) is 31.0 Å². The molecule has 3 rings (SSSR count). The second-order valence-corrected chi connectivity index (χ2v) is 8.28. The Morgan fingerprint density at radius 1 is 1.17 bits per heavy atom. The summed E-state index contributed by atoms with van der Waals surface area (Å²) in [6.45, 7) is 5.25. The highest BCUT2D eigenvalue weighted by Crippen LogP contribution is 2.34. The number of hydroxylamine groups is 1. The Morgan fingerprint density at radius 3 is 2.52 bits per heavy atom. The van der Waals surface area contributed by atoms with Crippen LogP contribution < -0.4 is 20.4 Å². The van der Waals surface area contributed by atoms with Gasteiger partial charge in [0.05, 0.1) is 19.8 Å². The van der Waals surface area contributed by atoms with Crippen molar-refractivity contribution in [1.29, 1.82) is 0 Å². The van der Waals surface area contributed by atoms with Gasteiger partial charge in [-0.05, 0) is 56.6 Å². The fourth-order valence-electron chi connectivity index (χ4n) is 3.28. The van der Waals surface area contributed by atoms with Crippen molar-refractivity contribution < 1.29 is 14.3 Å². The third kappa shape index (κ3) is 6.01. The molecule has 0 spiro atoms. The van der Waals surface area contributed by atoms with Crippen molar-refractivity contribution in [2.75, 3.05) is 25.9 Å². The zero-order chi connectivity index (χ0) is 20.8. The summed E-state index contributed by atoms with van der Waals surface area (Å²) in [4.78, 5) is 17.4. The topological polar surface area (TPSA) is 61.7 Å². The highest BCUT2D eigenvalue weighted by Gasteiger charge is 2.23. The van der Waals surface area contributed by atoms with E-state index in [2.05, 4.69) is 10.0 Å². The number of aryl methyl sites for hydroxylation is 2. The van der Waals surface area contributed by atoms with Crippen LogP contribution in [0, 0.1) is 19.8 Å². The van der Waals surface area contributed by atoms with Gasteiger partial charge in [0.1, 0.15) is 5.94 Å². The Hall–Kier alpha value is -1.96. The first-order valence-corrected chi connectivity index (χ1v) is 11.3. The van der Waals surface area contributed by atoms with Gasteiger partial charge in [0.25, 0.3) is 0 Å². The van der Waals surface area contributed by atoms with E-state index in [1.807, 2.05) is 38.3 Å². The summed E-state index contributed by atoms with van der Waals surface area (Å²) < 4.78 is 13.6. The molecule has 0 aliphatic heterocycles. The quantitative estimate of drug-likeness (QED) is 0.340. The maximum absolute atomic E-state index is 11.8. The Morgan fingerprint density at radius 2 is 1.90 bits per heavy atom. The first kappa shape index (κ1) is 21.7. The molecule has 1 heterocycles. The van der Waals surface area contributed by atoms with Gasteiger partial charge in [-0.25, -0.2) is 0 Å². The molecule has 2 aromatic rings. The number of hydrogen-bond donors (Lipinski definition) is 1. The van der Waals surface area contributed by atoms with Gasteiger partial charge in [-0.2, -0.15) is 5.48 Å². The Kier molecular flexibility index (Phi) is 7.64. The summed E-state index contributed by atoms with van der Waals surface area (Å²) >= 11 is 1.60. The summed E-state index contributed by atoms with van der Waals surface area (Å²) in [6, 6.07) is 9.18. The molecule has 1 aliphatic carbocycles. The molecule has 1 aromatic carbocycles. The van der Waals surface area contributed by atoms with Gasteiger partial charge in [0, 0.05) is 30.1 Å². The number of nitrogens with one attached hydrogen (secondary N) is 1.